The van der Waals surface area contributed by atoms with Gasteiger partial charge in [0.05, 0.1) is 11.7 Å². The highest BCUT2D eigenvalue weighted by molar-refractivity contribution is 7.89. The number of pyridine rings is 1. The predicted octanol–water partition coefficient (Wildman–Crippen LogP) is 2.21. The monoisotopic (exact) mass is 342 g/mol. The van der Waals surface area contributed by atoms with Crippen LogP contribution in [-0.2, 0) is 16.4 Å². The molecular weight excluding hydrogens is 324 g/mol. The van der Waals surface area contributed by atoms with Gasteiger partial charge in [0.25, 0.3) is 0 Å². The summed E-state index contributed by atoms with van der Waals surface area (Å²) in [7, 11) is -3.44. The van der Waals surface area contributed by atoms with Crippen molar-refractivity contribution in [1.82, 2.24) is 19.5 Å². The number of benzene rings is 1. The second-order valence-electron chi connectivity index (χ2n) is 6.15. The van der Waals surface area contributed by atoms with E-state index in [4.69, 9.17) is 0 Å². The van der Waals surface area contributed by atoms with Gasteiger partial charge in [-0.3, -0.25) is 10.1 Å². The largest absolute Gasteiger partial charge is 0.284 e. The van der Waals surface area contributed by atoms with Crippen LogP contribution in [0.25, 0.3) is 10.9 Å². The minimum atomic E-state index is -3.44. The lowest BCUT2D eigenvalue weighted by Crippen LogP contribution is -2.28. The summed E-state index contributed by atoms with van der Waals surface area (Å²) in [5.74, 6) is 0.305. The average Bonchev–Trinajstić information content (AvgIpc) is 3.28. The minimum absolute atomic E-state index is 0.231. The van der Waals surface area contributed by atoms with Crippen LogP contribution in [0, 0.1) is 5.92 Å². The highest BCUT2D eigenvalue weighted by Gasteiger charge is 2.33. The van der Waals surface area contributed by atoms with E-state index in [2.05, 4.69) is 33.4 Å². The van der Waals surface area contributed by atoms with Gasteiger partial charge in [-0.2, -0.15) is 9.40 Å². The van der Waals surface area contributed by atoms with Crippen molar-refractivity contribution in [3.05, 3.63) is 54.5 Å². The molecule has 0 radical (unpaired) electrons. The summed E-state index contributed by atoms with van der Waals surface area (Å²) in [6, 6.07) is 10.2. The molecule has 24 heavy (non-hydrogen) atoms. The number of nitrogens with zero attached hydrogens (tertiary/aromatic N) is 3. The Morgan fingerprint density at radius 2 is 2.12 bits per heavy atom. The Morgan fingerprint density at radius 1 is 1.25 bits per heavy atom. The summed E-state index contributed by atoms with van der Waals surface area (Å²) in [4.78, 5) is 4.72. The summed E-state index contributed by atoms with van der Waals surface area (Å²) >= 11 is 0. The SMILES string of the molecule is O=S(=O)(c1cn[nH]c1)N1CC[C@H](Cc2cccc3cccnc23)C1. The third kappa shape index (κ3) is 2.70. The van der Waals surface area contributed by atoms with E-state index in [0.29, 0.717) is 19.0 Å². The van der Waals surface area contributed by atoms with Gasteiger partial charge in [0.1, 0.15) is 4.90 Å². The molecular formula is C17H18N4O2S. The van der Waals surface area contributed by atoms with E-state index in [-0.39, 0.29) is 4.90 Å². The number of fused-ring (bicyclic) bond motifs is 1. The van der Waals surface area contributed by atoms with Gasteiger partial charge in [0.15, 0.2) is 0 Å². The van der Waals surface area contributed by atoms with Crippen LogP contribution >= 0.6 is 0 Å². The molecule has 0 bridgehead atoms. The van der Waals surface area contributed by atoms with Crippen LogP contribution in [0.1, 0.15) is 12.0 Å². The first-order valence-corrected chi connectivity index (χ1v) is 9.40. The molecule has 4 rings (SSSR count). The van der Waals surface area contributed by atoms with Crippen LogP contribution in [0.4, 0.5) is 0 Å². The fourth-order valence-electron chi connectivity index (χ4n) is 3.35. The first-order chi connectivity index (χ1) is 11.6. The van der Waals surface area contributed by atoms with Gasteiger partial charge in [-0.25, -0.2) is 8.42 Å². The summed E-state index contributed by atoms with van der Waals surface area (Å²) in [5.41, 5.74) is 2.19. The lowest BCUT2D eigenvalue weighted by atomic mass is 9.97. The zero-order chi connectivity index (χ0) is 16.6. The van der Waals surface area contributed by atoms with Gasteiger partial charge >= 0.3 is 0 Å². The van der Waals surface area contributed by atoms with E-state index >= 15 is 0 Å². The standard InChI is InChI=1S/C17H18N4O2S/c22-24(23,16-10-19-20-11-16)21-8-6-13(12-21)9-15-4-1-3-14-5-2-7-18-17(14)15/h1-5,7,10-11,13H,6,8-9,12H2,(H,19,20)/t13-/m1/s1. The normalized spacial score (nSPS) is 19.1. The summed E-state index contributed by atoms with van der Waals surface area (Å²) in [6.07, 6.45) is 6.29. The maximum absolute atomic E-state index is 12.6. The Labute approximate surface area is 140 Å². The molecule has 0 saturated carbocycles. The molecule has 6 nitrogen and oxygen atoms in total. The van der Waals surface area contributed by atoms with Gasteiger partial charge in [0, 0.05) is 30.9 Å². The van der Waals surface area contributed by atoms with Gasteiger partial charge in [0.2, 0.25) is 10.0 Å². The van der Waals surface area contributed by atoms with Gasteiger partial charge < -0.3 is 0 Å². The van der Waals surface area contributed by atoms with E-state index in [1.54, 1.807) is 10.5 Å². The highest BCUT2D eigenvalue weighted by atomic mass is 32.2. The first kappa shape index (κ1) is 15.3. The topological polar surface area (TPSA) is 79.0 Å². The summed E-state index contributed by atoms with van der Waals surface area (Å²) < 4.78 is 26.7. The molecule has 1 fully saturated rings. The van der Waals surface area contributed by atoms with Crippen molar-refractivity contribution in [2.24, 2.45) is 5.92 Å². The number of H-pyrrole nitrogens is 1. The van der Waals surface area contributed by atoms with Crippen LogP contribution in [0.3, 0.4) is 0 Å². The molecule has 0 spiro atoms. The van der Waals surface area contributed by atoms with Crippen molar-refractivity contribution >= 4 is 20.9 Å². The number of sulfonamides is 1. The molecule has 124 valence electrons. The van der Waals surface area contributed by atoms with Crippen molar-refractivity contribution in [2.45, 2.75) is 17.7 Å². The number of aromatic amines is 1. The Bertz CT molecular complexity index is 948. The maximum atomic E-state index is 12.6. The van der Waals surface area contributed by atoms with Crippen molar-refractivity contribution in [3.8, 4) is 0 Å². The molecule has 1 N–H and O–H groups in total. The van der Waals surface area contributed by atoms with E-state index in [0.717, 1.165) is 23.7 Å². The first-order valence-electron chi connectivity index (χ1n) is 7.96. The van der Waals surface area contributed by atoms with Crippen LogP contribution in [0.15, 0.2) is 53.8 Å². The molecule has 0 amide bonds. The van der Waals surface area contributed by atoms with Crippen LogP contribution in [0.5, 0.6) is 0 Å². The number of aromatic nitrogens is 3. The Morgan fingerprint density at radius 3 is 2.96 bits per heavy atom. The zero-order valence-corrected chi connectivity index (χ0v) is 13.9. The molecule has 0 aliphatic carbocycles. The summed E-state index contributed by atoms with van der Waals surface area (Å²) in [6.45, 7) is 1.09. The number of rotatable bonds is 4. The Balaban J connectivity index is 1.53. The van der Waals surface area contributed by atoms with E-state index < -0.39 is 10.0 Å². The molecule has 7 heteroatoms. The van der Waals surface area contributed by atoms with Gasteiger partial charge in [-0.05, 0) is 30.4 Å². The number of hydrogen-bond donors (Lipinski definition) is 1. The third-order valence-electron chi connectivity index (χ3n) is 4.58. The molecule has 3 heterocycles. The van der Waals surface area contributed by atoms with Crippen molar-refractivity contribution in [3.63, 3.8) is 0 Å². The minimum Gasteiger partial charge on any atom is -0.284 e. The van der Waals surface area contributed by atoms with Crippen LogP contribution in [-0.4, -0.2) is 41.0 Å². The molecule has 1 saturated heterocycles. The molecule has 2 aromatic heterocycles. The van der Waals surface area contributed by atoms with Gasteiger partial charge in [-0.1, -0.05) is 24.3 Å². The van der Waals surface area contributed by atoms with Crippen molar-refractivity contribution in [1.29, 1.82) is 0 Å². The number of nitrogens with one attached hydrogen (secondary N) is 1. The quantitative estimate of drug-likeness (QED) is 0.788. The van der Waals surface area contributed by atoms with E-state index in [1.165, 1.54) is 18.0 Å². The smallest absolute Gasteiger partial charge is 0.246 e. The molecule has 1 atom stereocenters. The second-order valence-corrected chi connectivity index (χ2v) is 8.09. The number of hydrogen-bond acceptors (Lipinski definition) is 4. The fraction of sp³-hybridized carbons (Fsp3) is 0.294. The maximum Gasteiger partial charge on any atom is 0.246 e. The highest BCUT2D eigenvalue weighted by Crippen LogP contribution is 2.28. The van der Waals surface area contributed by atoms with Crippen LogP contribution in [0.2, 0.25) is 0 Å². The fourth-order valence-corrected chi connectivity index (χ4v) is 4.79. The summed E-state index contributed by atoms with van der Waals surface area (Å²) in [5, 5.41) is 7.43. The van der Waals surface area contributed by atoms with E-state index in [1.807, 2.05) is 12.1 Å². The zero-order valence-electron chi connectivity index (χ0n) is 13.1. The van der Waals surface area contributed by atoms with E-state index in [9.17, 15) is 8.42 Å². The number of para-hydroxylation sites is 1. The Hall–Kier alpha value is -2.25. The van der Waals surface area contributed by atoms with Gasteiger partial charge in [-0.15, -0.1) is 0 Å². The lowest BCUT2D eigenvalue weighted by Gasteiger charge is -2.15. The second kappa shape index (κ2) is 5.99. The Kier molecular flexibility index (Phi) is 3.82. The molecule has 3 aromatic rings. The van der Waals surface area contributed by atoms with Crippen molar-refractivity contribution in [2.75, 3.05) is 13.1 Å². The molecule has 0 unspecified atom stereocenters. The van der Waals surface area contributed by atoms with Crippen LogP contribution < -0.4 is 0 Å². The third-order valence-corrected chi connectivity index (χ3v) is 6.41. The molecule has 1 aromatic carbocycles. The lowest BCUT2D eigenvalue weighted by molar-refractivity contribution is 0.456. The molecule has 1 aliphatic heterocycles. The van der Waals surface area contributed by atoms with Crippen molar-refractivity contribution < 1.29 is 8.42 Å². The predicted molar refractivity (Wildman–Crippen MR) is 90.9 cm³/mol. The molecule has 1 aliphatic rings. The average molecular weight is 342 g/mol.